The van der Waals surface area contributed by atoms with Gasteiger partial charge in [0.2, 0.25) is 0 Å². The second kappa shape index (κ2) is 12.3. The number of aliphatic hydroxyl groups is 2. The number of hydrogen-bond donors (Lipinski definition) is 2. The Hall–Kier alpha value is -3.16. The van der Waals surface area contributed by atoms with Gasteiger partial charge in [0.1, 0.15) is 24.7 Å². The quantitative estimate of drug-likeness (QED) is 0.286. The lowest BCUT2D eigenvalue weighted by Gasteiger charge is -2.11. The number of fused-ring (bicyclic) bond motifs is 2. The summed E-state index contributed by atoms with van der Waals surface area (Å²) in [4.78, 5) is 0. The molecule has 0 spiro atoms. The van der Waals surface area contributed by atoms with Gasteiger partial charge in [-0.3, -0.25) is 0 Å². The van der Waals surface area contributed by atoms with Gasteiger partial charge >= 0.3 is 0 Å². The van der Waals surface area contributed by atoms with Gasteiger partial charge in [0, 0.05) is 0 Å². The molecule has 2 N–H and O–H groups in total. The topological polar surface area (TPSA) is 77.4 Å². The SMILES string of the molecule is OCCOCc1ccc2cc(OCCOc3ccc4cc(COCCO)ccc4c3)ccc2c1. The lowest BCUT2D eigenvalue weighted by atomic mass is 10.1. The van der Waals surface area contributed by atoms with Crippen LogP contribution in [0, 0.1) is 0 Å². The maximum absolute atomic E-state index is 8.82. The van der Waals surface area contributed by atoms with Crippen LogP contribution >= 0.6 is 0 Å². The highest BCUT2D eigenvalue weighted by molar-refractivity contribution is 5.85. The molecule has 4 aromatic carbocycles. The summed E-state index contributed by atoms with van der Waals surface area (Å²) in [6.07, 6.45) is 0. The van der Waals surface area contributed by atoms with Gasteiger partial charge in [-0.1, -0.05) is 36.4 Å². The molecule has 0 bridgehead atoms. The van der Waals surface area contributed by atoms with Crippen molar-refractivity contribution in [1.29, 1.82) is 0 Å². The van der Waals surface area contributed by atoms with Gasteiger partial charge in [-0.15, -0.1) is 0 Å². The largest absolute Gasteiger partial charge is 0.490 e. The fourth-order valence-electron chi connectivity index (χ4n) is 3.73. The van der Waals surface area contributed by atoms with E-state index < -0.39 is 0 Å². The minimum Gasteiger partial charge on any atom is -0.490 e. The van der Waals surface area contributed by atoms with E-state index in [1.165, 1.54) is 0 Å². The molecule has 0 radical (unpaired) electrons. The molecule has 0 aromatic heterocycles. The number of benzene rings is 4. The van der Waals surface area contributed by atoms with E-state index in [1.807, 2.05) is 48.5 Å². The molecular formula is C28H30O6. The lowest BCUT2D eigenvalue weighted by Crippen LogP contribution is -2.09. The third-order valence-corrected chi connectivity index (χ3v) is 5.38. The average Bonchev–Trinajstić information content (AvgIpc) is 2.87. The number of rotatable bonds is 13. The summed E-state index contributed by atoms with van der Waals surface area (Å²) in [7, 11) is 0. The minimum atomic E-state index is 0.0300. The second-order valence-electron chi connectivity index (χ2n) is 7.94. The molecule has 4 aromatic rings. The molecule has 0 fully saturated rings. The Morgan fingerprint density at radius 3 is 1.32 bits per heavy atom. The van der Waals surface area contributed by atoms with Crippen molar-refractivity contribution in [2.75, 3.05) is 39.6 Å². The molecule has 0 unspecified atom stereocenters. The van der Waals surface area contributed by atoms with Crippen LogP contribution in [0.3, 0.4) is 0 Å². The second-order valence-corrected chi connectivity index (χ2v) is 7.94. The predicted octanol–water partition coefficient (Wildman–Crippen LogP) is 4.47. The Bertz CT molecular complexity index is 1110. The first-order valence-electron chi connectivity index (χ1n) is 11.4. The first-order valence-corrected chi connectivity index (χ1v) is 11.4. The van der Waals surface area contributed by atoms with Crippen molar-refractivity contribution in [2.45, 2.75) is 13.2 Å². The Morgan fingerprint density at radius 2 is 0.882 bits per heavy atom. The summed E-state index contributed by atoms with van der Waals surface area (Å²) in [6, 6.07) is 24.4. The van der Waals surface area contributed by atoms with E-state index in [2.05, 4.69) is 24.3 Å². The summed E-state index contributed by atoms with van der Waals surface area (Å²) in [5, 5.41) is 22.1. The normalized spacial score (nSPS) is 11.2. The number of aliphatic hydroxyl groups excluding tert-OH is 2. The van der Waals surface area contributed by atoms with Crippen molar-refractivity contribution in [3.05, 3.63) is 83.9 Å². The Balaban J connectivity index is 1.27. The third-order valence-electron chi connectivity index (χ3n) is 5.38. The van der Waals surface area contributed by atoms with Gasteiger partial charge in [0.15, 0.2) is 0 Å². The molecule has 34 heavy (non-hydrogen) atoms. The minimum absolute atomic E-state index is 0.0300. The van der Waals surface area contributed by atoms with Crippen molar-refractivity contribution in [2.24, 2.45) is 0 Å². The van der Waals surface area contributed by atoms with Crippen molar-refractivity contribution < 1.29 is 29.2 Å². The van der Waals surface area contributed by atoms with E-state index >= 15 is 0 Å². The van der Waals surface area contributed by atoms with Gasteiger partial charge in [-0.05, 0) is 69.1 Å². The van der Waals surface area contributed by atoms with E-state index in [0.717, 1.165) is 44.2 Å². The summed E-state index contributed by atoms with van der Waals surface area (Å²) in [5.41, 5.74) is 2.15. The number of ether oxygens (including phenoxy) is 4. The summed E-state index contributed by atoms with van der Waals surface area (Å²) < 4.78 is 22.6. The van der Waals surface area contributed by atoms with E-state index in [1.54, 1.807) is 0 Å². The molecule has 0 atom stereocenters. The van der Waals surface area contributed by atoms with E-state index in [4.69, 9.17) is 29.2 Å². The molecule has 4 rings (SSSR count). The highest BCUT2D eigenvalue weighted by Crippen LogP contribution is 2.24. The molecule has 0 saturated carbocycles. The fourth-order valence-corrected chi connectivity index (χ4v) is 3.73. The third kappa shape index (κ3) is 6.68. The summed E-state index contributed by atoms with van der Waals surface area (Å²) in [6.45, 7) is 2.60. The lowest BCUT2D eigenvalue weighted by molar-refractivity contribution is 0.0816. The molecule has 0 amide bonds. The van der Waals surface area contributed by atoms with Crippen molar-refractivity contribution in [3.63, 3.8) is 0 Å². The van der Waals surface area contributed by atoms with Crippen LogP contribution in [-0.2, 0) is 22.7 Å². The van der Waals surface area contributed by atoms with Gasteiger partial charge in [0.05, 0.1) is 39.6 Å². The number of hydrogen-bond acceptors (Lipinski definition) is 6. The standard InChI is InChI=1S/C28H30O6/c29-9-11-31-19-21-1-3-25-17-27(7-5-23(25)15-21)33-13-14-34-28-8-6-24-16-22(20-32-12-10-30)2-4-26(24)18-28/h1-8,15-18,29-30H,9-14,19-20H2. The highest BCUT2D eigenvalue weighted by atomic mass is 16.5. The smallest absolute Gasteiger partial charge is 0.122 e. The maximum Gasteiger partial charge on any atom is 0.122 e. The Labute approximate surface area is 199 Å². The van der Waals surface area contributed by atoms with Gasteiger partial charge in [0.25, 0.3) is 0 Å². The molecule has 0 aliphatic heterocycles. The molecular weight excluding hydrogens is 432 g/mol. The fraction of sp³-hybridized carbons (Fsp3) is 0.286. The zero-order valence-corrected chi connectivity index (χ0v) is 19.1. The van der Waals surface area contributed by atoms with Gasteiger partial charge in [-0.2, -0.15) is 0 Å². The monoisotopic (exact) mass is 462 g/mol. The first-order chi connectivity index (χ1) is 16.7. The zero-order valence-electron chi connectivity index (χ0n) is 19.1. The van der Waals surface area contributed by atoms with Crippen LogP contribution in [0.25, 0.3) is 21.5 Å². The van der Waals surface area contributed by atoms with Gasteiger partial charge in [-0.25, -0.2) is 0 Å². The van der Waals surface area contributed by atoms with E-state index in [0.29, 0.717) is 39.6 Å². The van der Waals surface area contributed by atoms with E-state index in [9.17, 15) is 0 Å². The molecule has 0 aliphatic carbocycles. The summed E-state index contributed by atoms with van der Waals surface area (Å²) in [5.74, 6) is 1.60. The Kier molecular flexibility index (Phi) is 8.71. The first kappa shape index (κ1) is 24.0. The van der Waals surface area contributed by atoms with Crippen molar-refractivity contribution in [3.8, 4) is 11.5 Å². The van der Waals surface area contributed by atoms with Crippen LogP contribution in [0.15, 0.2) is 72.8 Å². The van der Waals surface area contributed by atoms with Crippen molar-refractivity contribution in [1.82, 2.24) is 0 Å². The maximum atomic E-state index is 8.82. The van der Waals surface area contributed by atoms with Crippen LogP contribution in [0.4, 0.5) is 0 Å². The molecule has 0 aliphatic rings. The van der Waals surface area contributed by atoms with Crippen molar-refractivity contribution >= 4 is 21.5 Å². The molecule has 178 valence electrons. The highest BCUT2D eigenvalue weighted by Gasteiger charge is 2.03. The predicted molar refractivity (Wildman–Crippen MR) is 132 cm³/mol. The van der Waals surface area contributed by atoms with Crippen LogP contribution in [0.1, 0.15) is 11.1 Å². The molecule has 6 nitrogen and oxygen atoms in total. The molecule has 0 heterocycles. The Morgan fingerprint density at radius 1 is 0.471 bits per heavy atom. The molecule has 6 heteroatoms. The van der Waals surface area contributed by atoms with Crippen LogP contribution < -0.4 is 9.47 Å². The average molecular weight is 463 g/mol. The zero-order chi connectivity index (χ0) is 23.6. The summed E-state index contributed by atoms with van der Waals surface area (Å²) >= 11 is 0. The van der Waals surface area contributed by atoms with Gasteiger partial charge < -0.3 is 29.2 Å². The van der Waals surface area contributed by atoms with Crippen LogP contribution in [0.5, 0.6) is 11.5 Å². The molecule has 0 saturated heterocycles. The van der Waals surface area contributed by atoms with E-state index in [-0.39, 0.29) is 13.2 Å². The van der Waals surface area contributed by atoms with Crippen LogP contribution in [-0.4, -0.2) is 49.9 Å². The van der Waals surface area contributed by atoms with Crippen LogP contribution in [0.2, 0.25) is 0 Å².